The van der Waals surface area contributed by atoms with E-state index in [0.717, 1.165) is 0 Å². The predicted molar refractivity (Wildman–Crippen MR) is 70.4 cm³/mol. The molecule has 20 heavy (non-hydrogen) atoms. The zero-order valence-corrected chi connectivity index (χ0v) is 10.9. The topological polar surface area (TPSA) is 92.9 Å². The molecule has 1 aliphatic rings. The van der Waals surface area contributed by atoms with Gasteiger partial charge in [0.25, 0.3) is 11.6 Å². The van der Waals surface area contributed by atoms with Crippen LogP contribution in [0.15, 0.2) is 24.3 Å². The van der Waals surface area contributed by atoms with Crippen molar-refractivity contribution in [2.45, 2.75) is 18.9 Å². The first-order valence-corrected chi connectivity index (χ1v) is 6.39. The Labute approximate surface area is 115 Å². The van der Waals surface area contributed by atoms with E-state index in [1.807, 2.05) is 0 Å². The Kier molecular flexibility index (Phi) is 4.52. The SMILES string of the molecule is O=C(COc1cccc([N+](=O)[O-])c1)N1CCC(O)CC1. The molecule has 1 heterocycles. The summed E-state index contributed by atoms with van der Waals surface area (Å²) in [5, 5.41) is 20.0. The van der Waals surface area contributed by atoms with Crippen LogP contribution in [0.2, 0.25) is 0 Å². The summed E-state index contributed by atoms with van der Waals surface area (Å²) >= 11 is 0. The van der Waals surface area contributed by atoms with Crippen LogP contribution in [0, 0.1) is 10.1 Å². The fraction of sp³-hybridized carbons (Fsp3) is 0.462. The lowest BCUT2D eigenvalue weighted by Gasteiger charge is -2.29. The van der Waals surface area contributed by atoms with Gasteiger partial charge in [0.15, 0.2) is 6.61 Å². The molecule has 0 aromatic heterocycles. The van der Waals surface area contributed by atoms with Crippen LogP contribution in [0.3, 0.4) is 0 Å². The monoisotopic (exact) mass is 280 g/mol. The van der Waals surface area contributed by atoms with Crippen molar-refractivity contribution in [2.24, 2.45) is 0 Å². The number of likely N-dealkylation sites (tertiary alicyclic amines) is 1. The summed E-state index contributed by atoms with van der Waals surface area (Å²) in [7, 11) is 0. The molecule has 0 atom stereocenters. The zero-order chi connectivity index (χ0) is 14.5. The van der Waals surface area contributed by atoms with Gasteiger partial charge < -0.3 is 14.7 Å². The third kappa shape index (κ3) is 3.67. The number of nitro groups is 1. The van der Waals surface area contributed by atoms with Gasteiger partial charge >= 0.3 is 0 Å². The van der Waals surface area contributed by atoms with Crippen LogP contribution in [0.5, 0.6) is 5.75 Å². The van der Waals surface area contributed by atoms with Crippen molar-refractivity contribution in [1.82, 2.24) is 4.90 Å². The predicted octanol–water partition coefficient (Wildman–Crippen LogP) is 0.957. The Morgan fingerprint density at radius 3 is 2.80 bits per heavy atom. The quantitative estimate of drug-likeness (QED) is 0.655. The summed E-state index contributed by atoms with van der Waals surface area (Å²) in [6.45, 7) is 0.869. The highest BCUT2D eigenvalue weighted by Crippen LogP contribution is 2.19. The Hall–Kier alpha value is -2.15. The molecule has 1 saturated heterocycles. The minimum absolute atomic E-state index is 0.0731. The van der Waals surface area contributed by atoms with Gasteiger partial charge in [0, 0.05) is 19.2 Å². The molecular formula is C13H16N2O5. The van der Waals surface area contributed by atoms with Gasteiger partial charge in [-0.05, 0) is 18.9 Å². The van der Waals surface area contributed by atoms with Crippen molar-refractivity contribution in [3.63, 3.8) is 0 Å². The highest BCUT2D eigenvalue weighted by atomic mass is 16.6. The number of carbonyl (C=O) groups is 1. The maximum Gasteiger partial charge on any atom is 0.273 e. The van der Waals surface area contributed by atoms with Gasteiger partial charge in [-0.1, -0.05) is 6.07 Å². The van der Waals surface area contributed by atoms with E-state index >= 15 is 0 Å². The Balaban J connectivity index is 1.87. The second-order valence-electron chi connectivity index (χ2n) is 4.66. The first-order chi connectivity index (χ1) is 9.56. The lowest BCUT2D eigenvalue weighted by atomic mass is 10.1. The minimum atomic E-state index is -0.513. The normalized spacial score (nSPS) is 15.9. The molecule has 0 aliphatic carbocycles. The fourth-order valence-electron chi connectivity index (χ4n) is 2.04. The lowest BCUT2D eigenvalue weighted by Crippen LogP contribution is -2.42. The van der Waals surface area contributed by atoms with E-state index in [-0.39, 0.29) is 24.3 Å². The first-order valence-electron chi connectivity index (χ1n) is 6.39. The zero-order valence-electron chi connectivity index (χ0n) is 10.9. The molecule has 108 valence electrons. The maximum absolute atomic E-state index is 11.9. The van der Waals surface area contributed by atoms with E-state index < -0.39 is 4.92 Å². The number of hydrogen-bond donors (Lipinski definition) is 1. The fourth-order valence-corrected chi connectivity index (χ4v) is 2.04. The smallest absolute Gasteiger partial charge is 0.273 e. The van der Waals surface area contributed by atoms with Crippen LogP contribution in [-0.2, 0) is 4.79 Å². The molecular weight excluding hydrogens is 264 g/mol. The van der Waals surface area contributed by atoms with Crippen LogP contribution in [-0.4, -0.2) is 46.6 Å². The van der Waals surface area contributed by atoms with Gasteiger partial charge in [-0.15, -0.1) is 0 Å². The standard InChI is InChI=1S/C13H16N2O5/c16-11-4-6-14(7-5-11)13(17)9-20-12-3-1-2-10(8-12)15(18)19/h1-3,8,11,16H,4-7,9H2. The summed E-state index contributed by atoms with van der Waals surface area (Å²) in [6, 6.07) is 5.73. The Morgan fingerprint density at radius 2 is 2.15 bits per heavy atom. The number of nitrogens with zero attached hydrogens (tertiary/aromatic N) is 2. The van der Waals surface area contributed by atoms with E-state index in [1.54, 1.807) is 11.0 Å². The number of ether oxygens (including phenoxy) is 1. The molecule has 0 radical (unpaired) electrons. The van der Waals surface area contributed by atoms with Crippen LogP contribution >= 0.6 is 0 Å². The summed E-state index contributed by atoms with van der Waals surface area (Å²) in [5.74, 6) is 0.119. The number of rotatable bonds is 4. The number of aliphatic hydroxyl groups is 1. The van der Waals surface area contributed by atoms with Crippen LogP contribution in [0.1, 0.15) is 12.8 Å². The number of benzene rings is 1. The van der Waals surface area contributed by atoms with Gasteiger partial charge in [0.1, 0.15) is 5.75 Å². The van der Waals surface area contributed by atoms with E-state index in [9.17, 15) is 20.0 Å². The molecule has 1 fully saturated rings. The molecule has 7 heteroatoms. The highest BCUT2D eigenvalue weighted by molar-refractivity contribution is 5.77. The van der Waals surface area contributed by atoms with Gasteiger partial charge in [-0.3, -0.25) is 14.9 Å². The average molecular weight is 280 g/mol. The van der Waals surface area contributed by atoms with E-state index in [1.165, 1.54) is 18.2 Å². The van der Waals surface area contributed by atoms with Crippen molar-refractivity contribution in [1.29, 1.82) is 0 Å². The van der Waals surface area contributed by atoms with Crippen molar-refractivity contribution >= 4 is 11.6 Å². The van der Waals surface area contributed by atoms with Gasteiger partial charge in [-0.2, -0.15) is 0 Å². The Morgan fingerprint density at radius 1 is 1.45 bits per heavy atom. The van der Waals surface area contributed by atoms with Crippen molar-refractivity contribution < 1.29 is 19.6 Å². The number of non-ortho nitro benzene ring substituents is 1. The summed E-state index contributed by atoms with van der Waals surface area (Å²) in [6.07, 6.45) is 0.808. The molecule has 0 unspecified atom stereocenters. The summed E-state index contributed by atoms with van der Waals surface area (Å²) < 4.78 is 5.28. The van der Waals surface area contributed by atoms with Crippen molar-refractivity contribution in [3.8, 4) is 5.75 Å². The van der Waals surface area contributed by atoms with Gasteiger partial charge in [-0.25, -0.2) is 0 Å². The minimum Gasteiger partial charge on any atom is -0.484 e. The van der Waals surface area contributed by atoms with Gasteiger partial charge in [0.05, 0.1) is 17.1 Å². The number of hydrogen-bond acceptors (Lipinski definition) is 5. The van der Waals surface area contributed by atoms with E-state index in [0.29, 0.717) is 31.7 Å². The Bertz CT molecular complexity index is 497. The van der Waals surface area contributed by atoms with Crippen LogP contribution in [0.4, 0.5) is 5.69 Å². The largest absolute Gasteiger partial charge is 0.484 e. The van der Waals surface area contributed by atoms with Gasteiger partial charge in [0.2, 0.25) is 0 Å². The third-order valence-corrected chi connectivity index (χ3v) is 3.21. The van der Waals surface area contributed by atoms with Crippen molar-refractivity contribution in [2.75, 3.05) is 19.7 Å². The number of nitro benzene ring substituents is 1. The highest BCUT2D eigenvalue weighted by Gasteiger charge is 2.21. The van der Waals surface area contributed by atoms with E-state index in [2.05, 4.69) is 0 Å². The molecule has 1 aliphatic heterocycles. The summed E-state index contributed by atoms with van der Waals surface area (Å²) in [4.78, 5) is 23.6. The molecule has 1 aromatic rings. The third-order valence-electron chi connectivity index (χ3n) is 3.21. The number of piperidine rings is 1. The molecule has 0 saturated carbocycles. The lowest BCUT2D eigenvalue weighted by molar-refractivity contribution is -0.384. The molecule has 1 amide bonds. The molecule has 0 spiro atoms. The van der Waals surface area contributed by atoms with Crippen molar-refractivity contribution in [3.05, 3.63) is 34.4 Å². The number of aliphatic hydroxyl groups excluding tert-OH is 1. The average Bonchev–Trinajstić information content (AvgIpc) is 2.46. The maximum atomic E-state index is 11.9. The molecule has 1 aromatic carbocycles. The van der Waals surface area contributed by atoms with Crippen LogP contribution < -0.4 is 4.74 Å². The number of carbonyl (C=O) groups excluding carboxylic acids is 1. The first kappa shape index (κ1) is 14.3. The second-order valence-corrected chi connectivity index (χ2v) is 4.66. The van der Waals surface area contributed by atoms with E-state index in [4.69, 9.17) is 4.74 Å². The molecule has 0 bridgehead atoms. The number of amides is 1. The summed E-state index contributed by atoms with van der Waals surface area (Å²) in [5.41, 5.74) is -0.0731. The molecule has 2 rings (SSSR count). The molecule has 1 N–H and O–H groups in total. The van der Waals surface area contributed by atoms with Crippen LogP contribution in [0.25, 0.3) is 0 Å². The second kappa shape index (κ2) is 6.33. The molecule has 7 nitrogen and oxygen atoms in total.